The topological polar surface area (TPSA) is 29.5 Å². The molecule has 0 amide bonds. The summed E-state index contributed by atoms with van der Waals surface area (Å²) in [6, 6.07) is 8.20. The molecule has 0 saturated heterocycles. The number of aliphatic hydroxyl groups excluding tert-OH is 1. The molecule has 16 heavy (non-hydrogen) atoms. The van der Waals surface area contributed by atoms with Crippen molar-refractivity contribution in [3.05, 3.63) is 35.4 Å². The van der Waals surface area contributed by atoms with Crippen LogP contribution in [-0.2, 0) is 4.74 Å². The Morgan fingerprint density at radius 3 is 2.81 bits per heavy atom. The van der Waals surface area contributed by atoms with Gasteiger partial charge in [0.15, 0.2) is 0 Å². The minimum Gasteiger partial charge on any atom is -0.386 e. The molecule has 0 heterocycles. The van der Waals surface area contributed by atoms with Gasteiger partial charge in [-0.25, -0.2) is 0 Å². The Hall–Kier alpha value is -0.860. The van der Waals surface area contributed by atoms with Gasteiger partial charge in [-0.05, 0) is 36.3 Å². The first-order chi connectivity index (χ1) is 7.83. The Kier molecular flexibility index (Phi) is 3.97. The van der Waals surface area contributed by atoms with E-state index < -0.39 is 6.10 Å². The Morgan fingerprint density at radius 2 is 2.12 bits per heavy atom. The van der Waals surface area contributed by atoms with Crippen molar-refractivity contribution < 1.29 is 9.84 Å². The Morgan fingerprint density at radius 1 is 1.38 bits per heavy atom. The summed E-state index contributed by atoms with van der Waals surface area (Å²) in [6.07, 6.45) is 3.05. The van der Waals surface area contributed by atoms with Gasteiger partial charge < -0.3 is 9.84 Å². The lowest BCUT2D eigenvalue weighted by molar-refractivity contribution is 0.0359. The van der Waals surface area contributed by atoms with Crippen molar-refractivity contribution in [1.82, 2.24) is 0 Å². The van der Waals surface area contributed by atoms with Crippen molar-refractivity contribution >= 4 is 0 Å². The van der Waals surface area contributed by atoms with Crippen LogP contribution in [0.1, 0.15) is 49.3 Å². The standard InChI is InChI=1S/C14H20O2/c1-2-9-16-10-14(15)13-6-4-3-5-12(13)11-7-8-11/h3-6,11,14-15H,2,7-10H2,1H3. The summed E-state index contributed by atoms with van der Waals surface area (Å²) in [6.45, 7) is 3.21. The predicted molar refractivity (Wildman–Crippen MR) is 64.5 cm³/mol. The molecule has 0 spiro atoms. The molecular weight excluding hydrogens is 200 g/mol. The van der Waals surface area contributed by atoms with E-state index in [2.05, 4.69) is 19.1 Å². The van der Waals surface area contributed by atoms with Crippen molar-refractivity contribution in [2.75, 3.05) is 13.2 Å². The van der Waals surface area contributed by atoms with Crippen molar-refractivity contribution in [2.24, 2.45) is 0 Å². The molecule has 1 aromatic rings. The molecule has 88 valence electrons. The number of aliphatic hydroxyl groups is 1. The summed E-state index contributed by atoms with van der Waals surface area (Å²) < 4.78 is 5.40. The van der Waals surface area contributed by atoms with Crippen LogP contribution in [-0.4, -0.2) is 18.3 Å². The van der Waals surface area contributed by atoms with Gasteiger partial charge in [0.25, 0.3) is 0 Å². The van der Waals surface area contributed by atoms with Gasteiger partial charge in [-0.3, -0.25) is 0 Å². The average molecular weight is 220 g/mol. The number of ether oxygens (including phenoxy) is 1. The van der Waals surface area contributed by atoms with E-state index in [1.807, 2.05) is 12.1 Å². The minimum absolute atomic E-state index is 0.414. The van der Waals surface area contributed by atoms with E-state index in [9.17, 15) is 5.11 Å². The van der Waals surface area contributed by atoms with Crippen LogP contribution < -0.4 is 0 Å². The van der Waals surface area contributed by atoms with Crippen LogP contribution in [0.3, 0.4) is 0 Å². The molecule has 1 atom stereocenters. The summed E-state index contributed by atoms with van der Waals surface area (Å²) in [7, 11) is 0. The molecule has 0 radical (unpaired) electrons. The molecule has 2 heteroatoms. The van der Waals surface area contributed by atoms with E-state index in [0.29, 0.717) is 12.5 Å². The fourth-order valence-corrected chi connectivity index (χ4v) is 2.01. The zero-order valence-corrected chi connectivity index (χ0v) is 9.86. The zero-order chi connectivity index (χ0) is 11.4. The molecule has 1 N–H and O–H groups in total. The van der Waals surface area contributed by atoms with Gasteiger partial charge in [0.05, 0.1) is 6.61 Å². The third-order valence-corrected chi connectivity index (χ3v) is 3.00. The van der Waals surface area contributed by atoms with Crippen LogP contribution in [0.25, 0.3) is 0 Å². The molecule has 1 fully saturated rings. The van der Waals surface area contributed by atoms with Gasteiger partial charge in [0, 0.05) is 6.61 Å². The highest BCUT2D eigenvalue weighted by Gasteiger charge is 2.27. The summed E-state index contributed by atoms with van der Waals surface area (Å²) in [5.74, 6) is 0.678. The second-order valence-electron chi connectivity index (χ2n) is 4.49. The van der Waals surface area contributed by atoms with Gasteiger partial charge in [-0.2, -0.15) is 0 Å². The normalized spacial score (nSPS) is 17.4. The highest BCUT2D eigenvalue weighted by Crippen LogP contribution is 2.42. The molecular formula is C14H20O2. The highest BCUT2D eigenvalue weighted by molar-refractivity contribution is 5.34. The zero-order valence-electron chi connectivity index (χ0n) is 9.86. The third kappa shape index (κ3) is 2.83. The van der Waals surface area contributed by atoms with Crippen LogP contribution in [0.2, 0.25) is 0 Å². The maximum absolute atomic E-state index is 10.1. The van der Waals surface area contributed by atoms with Crippen LogP contribution in [0.15, 0.2) is 24.3 Å². The second-order valence-corrected chi connectivity index (χ2v) is 4.49. The van der Waals surface area contributed by atoms with Crippen molar-refractivity contribution in [3.63, 3.8) is 0 Å². The Labute approximate surface area is 97.3 Å². The van der Waals surface area contributed by atoms with Crippen LogP contribution >= 0.6 is 0 Å². The van der Waals surface area contributed by atoms with Crippen molar-refractivity contribution in [1.29, 1.82) is 0 Å². The number of hydrogen-bond acceptors (Lipinski definition) is 2. The summed E-state index contributed by atoms with van der Waals surface area (Å²) in [5.41, 5.74) is 2.37. The molecule has 1 saturated carbocycles. The first kappa shape index (κ1) is 11.6. The van der Waals surface area contributed by atoms with E-state index in [-0.39, 0.29) is 0 Å². The summed E-state index contributed by atoms with van der Waals surface area (Å²) in [5, 5.41) is 10.1. The summed E-state index contributed by atoms with van der Waals surface area (Å²) >= 11 is 0. The number of hydrogen-bond donors (Lipinski definition) is 1. The monoisotopic (exact) mass is 220 g/mol. The smallest absolute Gasteiger partial charge is 0.103 e. The van der Waals surface area contributed by atoms with E-state index in [0.717, 1.165) is 18.6 Å². The van der Waals surface area contributed by atoms with Crippen molar-refractivity contribution in [3.8, 4) is 0 Å². The van der Waals surface area contributed by atoms with Crippen molar-refractivity contribution in [2.45, 2.75) is 38.2 Å². The first-order valence-electron chi connectivity index (χ1n) is 6.17. The van der Waals surface area contributed by atoms with Crippen LogP contribution in [0, 0.1) is 0 Å². The first-order valence-corrected chi connectivity index (χ1v) is 6.17. The quantitative estimate of drug-likeness (QED) is 0.747. The fourth-order valence-electron chi connectivity index (χ4n) is 2.01. The SMILES string of the molecule is CCCOCC(O)c1ccccc1C1CC1. The minimum atomic E-state index is -0.469. The maximum atomic E-state index is 10.1. The van der Waals surface area contributed by atoms with Gasteiger partial charge in [-0.15, -0.1) is 0 Å². The predicted octanol–water partition coefficient (Wildman–Crippen LogP) is 3.02. The Bertz CT molecular complexity index is 331. The Balaban J connectivity index is 2.00. The fraction of sp³-hybridized carbons (Fsp3) is 0.571. The van der Waals surface area contributed by atoms with E-state index in [4.69, 9.17) is 4.74 Å². The molecule has 2 nitrogen and oxygen atoms in total. The van der Waals surface area contributed by atoms with Crippen LogP contribution in [0.4, 0.5) is 0 Å². The van der Waals surface area contributed by atoms with Gasteiger partial charge >= 0.3 is 0 Å². The summed E-state index contributed by atoms with van der Waals surface area (Å²) in [4.78, 5) is 0. The second kappa shape index (κ2) is 5.46. The molecule has 0 aliphatic heterocycles. The maximum Gasteiger partial charge on any atom is 0.103 e. The van der Waals surface area contributed by atoms with Gasteiger partial charge in [0.2, 0.25) is 0 Å². The lowest BCUT2D eigenvalue weighted by Gasteiger charge is -2.15. The molecule has 1 aromatic carbocycles. The van der Waals surface area contributed by atoms with E-state index in [1.54, 1.807) is 0 Å². The number of rotatable bonds is 6. The molecule has 2 rings (SSSR count). The van der Waals surface area contributed by atoms with Gasteiger partial charge in [-0.1, -0.05) is 31.2 Å². The van der Waals surface area contributed by atoms with E-state index in [1.165, 1.54) is 18.4 Å². The molecule has 1 unspecified atom stereocenters. The molecule has 1 aliphatic carbocycles. The van der Waals surface area contributed by atoms with E-state index >= 15 is 0 Å². The third-order valence-electron chi connectivity index (χ3n) is 3.00. The molecule has 1 aliphatic rings. The molecule has 0 aromatic heterocycles. The van der Waals surface area contributed by atoms with Gasteiger partial charge in [0.1, 0.15) is 6.10 Å². The largest absolute Gasteiger partial charge is 0.386 e. The lowest BCUT2D eigenvalue weighted by atomic mass is 9.99. The molecule has 0 bridgehead atoms. The van der Waals surface area contributed by atoms with Crippen LogP contribution in [0.5, 0.6) is 0 Å². The number of benzene rings is 1. The highest BCUT2D eigenvalue weighted by atomic mass is 16.5. The average Bonchev–Trinajstić information content (AvgIpc) is 3.13. The lowest BCUT2D eigenvalue weighted by Crippen LogP contribution is -2.09.